The van der Waals surface area contributed by atoms with Gasteiger partial charge in [0.1, 0.15) is 42.2 Å². The SMILES string of the molecule is Cc1c(F)c(N)nc(-c2c(Cl)c3c4c(nc(OC[C@@]56CCCN5C[C@H](F)C6)nc4c2F)N([C@H](C)c2nccnc2N)CCO3)c1C(F)(F)F. The summed E-state index contributed by atoms with van der Waals surface area (Å²) in [4.78, 5) is 24.8. The normalized spacial score (nSPS) is 21.5. The van der Waals surface area contributed by atoms with Gasteiger partial charge in [-0.25, -0.2) is 23.1 Å². The highest BCUT2D eigenvalue weighted by Crippen LogP contribution is 2.51. The van der Waals surface area contributed by atoms with E-state index in [-0.39, 0.29) is 61.5 Å². The maximum atomic E-state index is 17.0. The summed E-state index contributed by atoms with van der Waals surface area (Å²) in [7, 11) is 0. The van der Waals surface area contributed by atoms with Gasteiger partial charge in [0.15, 0.2) is 23.2 Å². The zero-order chi connectivity index (χ0) is 35.0. The maximum absolute atomic E-state index is 17.0. The van der Waals surface area contributed by atoms with Crippen LogP contribution in [0.25, 0.3) is 22.2 Å². The first-order chi connectivity index (χ1) is 23.2. The molecule has 1 aromatic carbocycles. The Bertz CT molecular complexity index is 1990. The van der Waals surface area contributed by atoms with Crippen molar-refractivity contribution >= 4 is 40.0 Å². The molecule has 0 bridgehead atoms. The van der Waals surface area contributed by atoms with Crippen LogP contribution in [-0.2, 0) is 6.18 Å². The molecular formula is C31H30ClF6N9O2. The minimum atomic E-state index is -5.18. The number of alkyl halides is 4. The molecule has 0 aliphatic carbocycles. The highest BCUT2D eigenvalue weighted by Gasteiger charge is 2.49. The molecule has 3 aliphatic rings. The molecule has 0 unspecified atom stereocenters. The third-order valence-electron chi connectivity index (χ3n) is 9.56. The van der Waals surface area contributed by atoms with E-state index >= 15 is 4.39 Å². The van der Waals surface area contributed by atoms with Crippen molar-refractivity contribution in [2.75, 3.05) is 49.2 Å². The first kappa shape index (κ1) is 33.1. The molecule has 3 aliphatic heterocycles. The first-order valence-corrected chi connectivity index (χ1v) is 15.8. The van der Waals surface area contributed by atoms with Crippen LogP contribution in [-0.4, -0.2) is 74.4 Å². The molecular weight excluding hydrogens is 680 g/mol. The largest absolute Gasteiger partial charge is 0.489 e. The molecule has 18 heteroatoms. The zero-order valence-electron chi connectivity index (χ0n) is 26.2. The van der Waals surface area contributed by atoms with Crippen molar-refractivity contribution in [3.63, 3.8) is 0 Å². The molecule has 260 valence electrons. The smallest absolute Gasteiger partial charge is 0.418 e. The van der Waals surface area contributed by atoms with Gasteiger partial charge < -0.3 is 25.8 Å². The van der Waals surface area contributed by atoms with Gasteiger partial charge in [0.05, 0.1) is 45.4 Å². The van der Waals surface area contributed by atoms with Crippen LogP contribution in [0.4, 0.5) is 43.8 Å². The van der Waals surface area contributed by atoms with Crippen LogP contribution in [0.1, 0.15) is 49.0 Å². The van der Waals surface area contributed by atoms with Gasteiger partial charge in [-0.2, -0.15) is 23.1 Å². The number of benzene rings is 1. The van der Waals surface area contributed by atoms with Gasteiger partial charge in [-0.1, -0.05) is 11.6 Å². The van der Waals surface area contributed by atoms with Gasteiger partial charge >= 0.3 is 12.2 Å². The Morgan fingerprint density at radius 1 is 1.10 bits per heavy atom. The Kier molecular flexibility index (Phi) is 8.04. The van der Waals surface area contributed by atoms with Gasteiger partial charge in [-0.15, -0.1) is 0 Å². The molecule has 2 fully saturated rings. The number of aromatic nitrogens is 5. The predicted molar refractivity (Wildman–Crippen MR) is 168 cm³/mol. The van der Waals surface area contributed by atoms with Crippen molar-refractivity contribution in [1.82, 2.24) is 29.8 Å². The first-order valence-electron chi connectivity index (χ1n) is 15.5. The average molecular weight is 710 g/mol. The molecule has 4 aromatic rings. The molecule has 7 rings (SSSR count). The fourth-order valence-electron chi connectivity index (χ4n) is 7.29. The summed E-state index contributed by atoms with van der Waals surface area (Å²) in [6, 6.07) is -0.964. The van der Waals surface area contributed by atoms with E-state index in [2.05, 4.69) is 24.9 Å². The van der Waals surface area contributed by atoms with Crippen molar-refractivity contribution < 1.29 is 35.8 Å². The molecule has 6 heterocycles. The summed E-state index contributed by atoms with van der Waals surface area (Å²) in [5.74, 6) is -3.67. The highest BCUT2D eigenvalue weighted by atomic mass is 35.5. The van der Waals surface area contributed by atoms with E-state index in [9.17, 15) is 22.0 Å². The standard InChI is InChI=1S/C31H30ClF6N9O2/c1-13-18(31(36,37)38)23(43-26(39)20(13)34)16-19(32)25-17-24(21(16)35)44-29(49-12-30-4-3-7-46(30)11-15(33)10-30)45-28(17)47(8-9-48-25)14(2)22-27(40)42-6-5-41-22/h5-6,14-15H,3-4,7-12H2,1-2H3,(H2,39,43)(H2,40,42)/t14-,15-,30+/m1/s1. The summed E-state index contributed by atoms with van der Waals surface area (Å²) in [5.41, 5.74) is 6.67. The van der Waals surface area contributed by atoms with Gasteiger partial charge in [0.2, 0.25) is 0 Å². The summed E-state index contributed by atoms with van der Waals surface area (Å²) in [6.07, 6.45) is -1.65. The Hall–Kier alpha value is -4.38. The number of halogens is 7. The number of pyridine rings is 1. The number of rotatable bonds is 6. The van der Waals surface area contributed by atoms with E-state index in [0.29, 0.717) is 18.7 Å². The van der Waals surface area contributed by atoms with Crippen molar-refractivity contribution in [3.05, 3.63) is 45.9 Å². The molecule has 2 saturated heterocycles. The number of hydrogen-bond donors (Lipinski definition) is 2. The van der Waals surface area contributed by atoms with E-state index in [1.54, 1.807) is 11.8 Å². The number of anilines is 3. The summed E-state index contributed by atoms with van der Waals surface area (Å²) < 4.78 is 102. The van der Waals surface area contributed by atoms with Crippen LogP contribution in [0.3, 0.4) is 0 Å². The Labute approximate surface area is 280 Å². The number of nitrogen functional groups attached to an aromatic ring is 2. The lowest BCUT2D eigenvalue weighted by Gasteiger charge is -2.31. The van der Waals surface area contributed by atoms with E-state index in [1.165, 1.54) is 12.4 Å². The van der Waals surface area contributed by atoms with E-state index in [1.807, 2.05) is 4.90 Å². The monoisotopic (exact) mass is 709 g/mol. The van der Waals surface area contributed by atoms with E-state index in [4.69, 9.17) is 32.5 Å². The molecule has 3 atom stereocenters. The van der Waals surface area contributed by atoms with E-state index < -0.39 is 74.3 Å². The molecule has 3 aromatic heterocycles. The second-order valence-corrected chi connectivity index (χ2v) is 12.8. The van der Waals surface area contributed by atoms with Crippen LogP contribution >= 0.6 is 11.6 Å². The van der Waals surface area contributed by atoms with Crippen LogP contribution in [0.5, 0.6) is 11.8 Å². The van der Waals surface area contributed by atoms with Crippen molar-refractivity contribution in [3.8, 4) is 23.0 Å². The molecule has 0 saturated carbocycles. The Morgan fingerprint density at radius 2 is 1.86 bits per heavy atom. The number of ether oxygens (including phenoxy) is 2. The van der Waals surface area contributed by atoms with E-state index in [0.717, 1.165) is 13.3 Å². The Balaban J connectivity index is 1.47. The van der Waals surface area contributed by atoms with Crippen molar-refractivity contribution in [2.24, 2.45) is 0 Å². The molecule has 11 nitrogen and oxygen atoms in total. The second-order valence-electron chi connectivity index (χ2n) is 12.5. The van der Waals surface area contributed by atoms with Crippen LogP contribution < -0.4 is 25.8 Å². The molecule has 0 amide bonds. The third-order valence-corrected chi connectivity index (χ3v) is 9.92. The van der Waals surface area contributed by atoms with Crippen LogP contribution in [0.2, 0.25) is 5.02 Å². The summed E-state index contributed by atoms with van der Waals surface area (Å²) in [5, 5.41) is -0.656. The lowest BCUT2D eigenvalue weighted by atomic mass is 9.95. The minimum absolute atomic E-state index is 0.0239. The van der Waals surface area contributed by atoms with Gasteiger partial charge in [0.25, 0.3) is 0 Å². The number of hydrogen-bond acceptors (Lipinski definition) is 11. The topological polar surface area (TPSA) is 141 Å². The number of nitrogens with two attached hydrogens (primary N) is 2. The fraction of sp³-hybridized carbons (Fsp3) is 0.452. The lowest BCUT2D eigenvalue weighted by molar-refractivity contribution is -0.137. The molecule has 0 radical (unpaired) electrons. The van der Waals surface area contributed by atoms with Crippen LogP contribution in [0.15, 0.2) is 12.4 Å². The second kappa shape index (κ2) is 11.9. The van der Waals surface area contributed by atoms with Gasteiger partial charge in [0, 0.05) is 30.9 Å². The van der Waals surface area contributed by atoms with Gasteiger partial charge in [-0.3, -0.25) is 9.88 Å². The van der Waals surface area contributed by atoms with Crippen molar-refractivity contribution in [1.29, 1.82) is 0 Å². The van der Waals surface area contributed by atoms with Crippen molar-refractivity contribution in [2.45, 2.75) is 57.0 Å². The maximum Gasteiger partial charge on any atom is 0.418 e. The summed E-state index contributed by atoms with van der Waals surface area (Å²) in [6.45, 7) is 3.53. The third kappa shape index (κ3) is 5.37. The minimum Gasteiger partial charge on any atom is -0.489 e. The van der Waals surface area contributed by atoms with Crippen LogP contribution in [0, 0.1) is 18.6 Å². The van der Waals surface area contributed by atoms with Gasteiger partial charge in [-0.05, 0) is 33.2 Å². The molecule has 4 N–H and O–H groups in total. The Morgan fingerprint density at radius 3 is 2.59 bits per heavy atom. The lowest BCUT2D eigenvalue weighted by Crippen LogP contribution is -2.43. The number of nitrogens with zero attached hydrogens (tertiary/aromatic N) is 7. The molecule has 49 heavy (non-hydrogen) atoms. The zero-order valence-corrected chi connectivity index (χ0v) is 27.0. The molecule has 0 spiro atoms. The number of fused-ring (bicyclic) bond motifs is 1. The fourth-order valence-corrected chi connectivity index (χ4v) is 7.61. The summed E-state index contributed by atoms with van der Waals surface area (Å²) >= 11 is 6.71. The predicted octanol–water partition coefficient (Wildman–Crippen LogP) is 5.82. The average Bonchev–Trinajstić information content (AvgIpc) is 3.49. The highest BCUT2D eigenvalue weighted by molar-refractivity contribution is 6.36. The quantitative estimate of drug-likeness (QED) is 0.234.